The molecule has 4 rings (SSSR count). The second kappa shape index (κ2) is 9.50. The zero-order chi connectivity index (χ0) is 24.6. The summed E-state index contributed by atoms with van der Waals surface area (Å²) < 4.78 is 0. The number of anilines is 3. The summed E-state index contributed by atoms with van der Waals surface area (Å²) in [4.78, 5) is 39.1. The molecule has 0 saturated carbocycles. The molecule has 0 atom stereocenters. The minimum Gasteiger partial charge on any atom is -0.350 e. The number of benzene rings is 3. The normalized spacial score (nSPS) is 13.5. The molecule has 6 nitrogen and oxygen atoms in total. The van der Waals surface area contributed by atoms with Crippen molar-refractivity contribution in [2.24, 2.45) is 0 Å². The van der Waals surface area contributed by atoms with Crippen molar-refractivity contribution in [3.63, 3.8) is 0 Å². The monoisotopic (exact) mass is 513 g/mol. The van der Waals surface area contributed by atoms with Gasteiger partial charge in [-0.05, 0) is 79.6 Å². The topological polar surface area (TPSA) is 78.5 Å². The van der Waals surface area contributed by atoms with Gasteiger partial charge in [0.1, 0.15) is 10.7 Å². The largest absolute Gasteiger partial charge is 0.350 e. The number of nitrogens with one attached hydrogen (secondary N) is 2. The number of hydrogen-bond acceptors (Lipinski definition) is 4. The lowest BCUT2D eigenvalue weighted by atomic mass is 10.1. The second-order valence-corrected chi connectivity index (χ2v) is 8.91. The molecule has 0 radical (unpaired) electrons. The van der Waals surface area contributed by atoms with Crippen LogP contribution in [-0.2, 0) is 9.59 Å². The Kier molecular flexibility index (Phi) is 6.66. The van der Waals surface area contributed by atoms with Crippen LogP contribution in [0.1, 0.15) is 21.5 Å². The van der Waals surface area contributed by atoms with E-state index in [1.165, 1.54) is 18.2 Å². The zero-order valence-electron chi connectivity index (χ0n) is 18.1. The first-order chi connectivity index (χ1) is 16.2. The number of carbonyl (C=O) groups excluding carboxylic acids is 3. The smallest absolute Gasteiger partial charge is 0.283 e. The summed E-state index contributed by atoms with van der Waals surface area (Å²) in [5.74, 6) is -1.64. The second-order valence-electron chi connectivity index (χ2n) is 7.69. The standard InChI is InChI=1S/C25H18Cl3N3O3/c1-13-3-7-18(11-14(13)2)30-23(32)15-4-8-17(9-5-15)29-22-21(28)24(33)31(25(22)34)20-10-6-16(26)12-19(20)27/h3-12,29H,1-2H3,(H,30,32). The first-order valence-corrected chi connectivity index (χ1v) is 11.3. The van der Waals surface area contributed by atoms with Gasteiger partial charge in [0.2, 0.25) is 0 Å². The van der Waals surface area contributed by atoms with Gasteiger partial charge in [0.25, 0.3) is 17.7 Å². The minimum absolute atomic E-state index is 0.0926. The van der Waals surface area contributed by atoms with Gasteiger partial charge in [0.15, 0.2) is 0 Å². The third kappa shape index (κ3) is 4.66. The molecule has 1 heterocycles. The molecule has 3 aromatic carbocycles. The Morgan fingerprint density at radius 2 is 1.47 bits per heavy atom. The summed E-state index contributed by atoms with van der Waals surface area (Å²) in [6.07, 6.45) is 0. The van der Waals surface area contributed by atoms with E-state index in [9.17, 15) is 14.4 Å². The maximum Gasteiger partial charge on any atom is 0.283 e. The molecule has 9 heteroatoms. The van der Waals surface area contributed by atoms with E-state index >= 15 is 0 Å². The van der Waals surface area contributed by atoms with Gasteiger partial charge in [0.05, 0.1) is 10.7 Å². The molecule has 0 fully saturated rings. The van der Waals surface area contributed by atoms with Crippen LogP contribution in [0.3, 0.4) is 0 Å². The lowest BCUT2D eigenvalue weighted by Gasteiger charge is -2.16. The maximum absolute atomic E-state index is 12.9. The summed E-state index contributed by atoms with van der Waals surface area (Å²) in [6, 6.07) is 16.5. The number of halogens is 3. The predicted octanol–water partition coefficient (Wildman–Crippen LogP) is 6.30. The molecule has 0 aliphatic carbocycles. The Morgan fingerprint density at radius 3 is 2.12 bits per heavy atom. The fourth-order valence-corrected chi connectivity index (χ4v) is 4.07. The van der Waals surface area contributed by atoms with Gasteiger partial charge in [-0.1, -0.05) is 40.9 Å². The van der Waals surface area contributed by atoms with Crippen LogP contribution in [0.4, 0.5) is 17.1 Å². The van der Waals surface area contributed by atoms with Gasteiger partial charge >= 0.3 is 0 Å². The fraction of sp³-hybridized carbons (Fsp3) is 0.0800. The number of rotatable bonds is 5. The molecular formula is C25H18Cl3N3O3. The highest BCUT2D eigenvalue weighted by Gasteiger charge is 2.39. The van der Waals surface area contributed by atoms with Crippen LogP contribution >= 0.6 is 34.8 Å². The van der Waals surface area contributed by atoms with E-state index in [0.717, 1.165) is 16.0 Å². The van der Waals surface area contributed by atoms with E-state index in [1.807, 2.05) is 32.0 Å². The van der Waals surface area contributed by atoms with Crippen molar-refractivity contribution in [2.45, 2.75) is 13.8 Å². The summed E-state index contributed by atoms with van der Waals surface area (Å²) in [6.45, 7) is 3.97. The van der Waals surface area contributed by atoms with Crippen LogP contribution in [0, 0.1) is 13.8 Å². The van der Waals surface area contributed by atoms with Crippen molar-refractivity contribution >= 4 is 69.6 Å². The van der Waals surface area contributed by atoms with Crippen LogP contribution in [0.15, 0.2) is 71.4 Å². The van der Waals surface area contributed by atoms with E-state index in [4.69, 9.17) is 34.8 Å². The van der Waals surface area contributed by atoms with Gasteiger partial charge in [-0.25, -0.2) is 4.90 Å². The van der Waals surface area contributed by atoms with Gasteiger partial charge in [-0.3, -0.25) is 14.4 Å². The average Bonchev–Trinajstić information content (AvgIpc) is 3.00. The van der Waals surface area contributed by atoms with E-state index in [1.54, 1.807) is 24.3 Å². The molecule has 0 bridgehead atoms. The Bertz CT molecular complexity index is 1370. The molecule has 3 aromatic rings. The highest BCUT2D eigenvalue weighted by atomic mass is 35.5. The number of amides is 3. The molecule has 0 unspecified atom stereocenters. The number of carbonyl (C=O) groups is 3. The predicted molar refractivity (Wildman–Crippen MR) is 136 cm³/mol. The summed E-state index contributed by atoms with van der Waals surface area (Å²) in [7, 11) is 0. The van der Waals surface area contributed by atoms with E-state index in [0.29, 0.717) is 22.0 Å². The SMILES string of the molecule is Cc1ccc(NC(=O)c2ccc(NC3=C(Cl)C(=O)N(c4ccc(Cl)cc4Cl)C3=O)cc2)cc1C. The molecule has 34 heavy (non-hydrogen) atoms. The summed E-state index contributed by atoms with van der Waals surface area (Å²) >= 11 is 18.2. The van der Waals surface area contributed by atoms with Crippen molar-refractivity contribution in [3.8, 4) is 0 Å². The number of nitrogens with zero attached hydrogens (tertiary/aromatic N) is 1. The molecule has 2 N–H and O–H groups in total. The summed E-state index contributed by atoms with van der Waals surface area (Å²) in [5, 5.41) is 5.96. The molecule has 0 spiro atoms. The van der Waals surface area contributed by atoms with E-state index < -0.39 is 11.8 Å². The van der Waals surface area contributed by atoms with Crippen molar-refractivity contribution in [3.05, 3.63) is 98.1 Å². The number of aryl methyl sites for hydroxylation is 2. The molecule has 172 valence electrons. The van der Waals surface area contributed by atoms with Crippen molar-refractivity contribution in [1.29, 1.82) is 0 Å². The quantitative estimate of drug-likeness (QED) is 0.392. The van der Waals surface area contributed by atoms with Crippen LogP contribution in [0.25, 0.3) is 0 Å². The lowest BCUT2D eigenvalue weighted by molar-refractivity contribution is -0.120. The fourth-order valence-electron chi connectivity index (χ4n) is 3.36. The number of imide groups is 1. The third-order valence-corrected chi connectivity index (χ3v) is 6.25. The van der Waals surface area contributed by atoms with Crippen LogP contribution in [0.5, 0.6) is 0 Å². The molecule has 1 aliphatic heterocycles. The number of hydrogen-bond donors (Lipinski definition) is 2. The van der Waals surface area contributed by atoms with Crippen LogP contribution in [0.2, 0.25) is 10.0 Å². The Labute approximate surface area is 211 Å². The average molecular weight is 515 g/mol. The summed E-state index contributed by atoms with van der Waals surface area (Å²) in [5.41, 5.74) is 3.89. The Morgan fingerprint density at radius 1 is 0.794 bits per heavy atom. The molecule has 0 aromatic heterocycles. The zero-order valence-corrected chi connectivity index (χ0v) is 20.3. The van der Waals surface area contributed by atoms with Crippen LogP contribution < -0.4 is 15.5 Å². The highest BCUT2D eigenvalue weighted by molar-refractivity contribution is 6.54. The Balaban J connectivity index is 1.49. The van der Waals surface area contributed by atoms with Gasteiger partial charge in [0, 0.05) is 22.0 Å². The molecule has 3 amide bonds. The van der Waals surface area contributed by atoms with E-state index in [-0.39, 0.29) is 27.3 Å². The van der Waals surface area contributed by atoms with Gasteiger partial charge < -0.3 is 10.6 Å². The van der Waals surface area contributed by atoms with Gasteiger partial charge in [-0.15, -0.1) is 0 Å². The van der Waals surface area contributed by atoms with Crippen molar-refractivity contribution in [2.75, 3.05) is 15.5 Å². The van der Waals surface area contributed by atoms with E-state index in [2.05, 4.69) is 10.6 Å². The lowest BCUT2D eigenvalue weighted by Crippen LogP contribution is -2.32. The molecule has 1 aliphatic rings. The highest BCUT2D eigenvalue weighted by Crippen LogP contribution is 2.35. The Hall–Kier alpha value is -3.32. The third-order valence-electron chi connectivity index (χ3n) is 5.36. The first-order valence-electron chi connectivity index (χ1n) is 10.1. The van der Waals surface area contributed by atoms with Gasteiger partial charge in [-0.2, -0.15) is 0 Å². The maximum atomic E-state index is 12.9. The first kappa shape index (κ1) is 23.8. The van der Waals surface area contributed by atoms with Crippen LogP contribution in [-0.4, -0.2) is 17.7 Å². The molecule has 0 saturated heterocycles. The van der Waals surface area contributed by atoms with Crippen molar-refractivity contribution in [1.82, 2.24) is 0 Å². The molecular weight excluding hydrogens is 497 g/mol. The van der Waals surface area contributed by atoms with Crippen molar-refractivity contribution < 1.29 is 14.4 Å². The minimum atomic E-state index is -0.706.